The minimum Gasteiger partial charge on any atom is -0.316 e. The molecule has 2 rings (SSSR count). The Morgan fingerprint density at radius 1 is 1.21 bits per heavy atom. The molecule has 1 heteroatoms. The highest BCUT2D eigenvalue weighted by Gasteiger charge is 2.01. The summed E-state index contributed by atoms with van der Waals surface area (Å²) in [6, 6.07) is 12.5. The lowest BCUT2D eigenvalue weighted by Gasteiger charge is -2.08. The van der Waals surface area contributed by atoms with Crippen LogP contribution >= 0.6 is 0 Å². The Morgan fingerprint density at radius 2 is 2.00 bits per heavy atom. The number of benzene rings is 2. The van der Waals surface area contributed by atoms with Gasteiger partial charge in [0.2, 0.25) is 0 Å². The molecule has 72 valence electrons. The van der Waals surface area contributed by atoms with Crippen molar-refractivity contribution in [2.45, 2.75) is 13.4 Å². The van der Waals surface area contributed by atoms with Crippen LogP contribution in [0, 0.1) is 6.90 Å². The highest BCUT2D eigenvalue weighted by molar-refractivity contribution is 5.88. The molecule has 1 N–H and O–H groups in total. The van der Waals surface area contributed by atoms with Crippen LogP contribution in [0.15, 0.2) is 36.4 Å². The quantitative estimate of drug-likeness (QED) is 0.760. The SMILES string of the molecule is [2H]Cc1cccc2cccc(CNC)c12. The molecule has 0 spiro atoms. The second kappa shape index (κ2) is 3.81. The van der Waals surface area contributed by atoms with Crippen molar-refractivity contribution in [3.8, 4) is 0 Å². The molecule has 0 aliphatic carbocycles. The Labute approximate surface area is 86.2 Å². The highest BCUT2D eigenvalue weighted by atomic mass is 14.8. The van der Waals surface area contributed by atoms with Crippen LogP contribution in [0.2, 0.25) is 0 Å². The molecule has 0 unspecified atom stereocenters. The molecule has 1 nitrogen and oxygen atoms in total. The molecular weight excluding hydrogens is 170 g/mol. The van der Waals surface area contributed by atoms with Gasteiger partial charge >= 0.3 is 0 Å². The maximum absolute atomic E-state index is 7.53. The van der Waals surface area contributed by atoms with Crippen LogP contribution < -0.4 is 5.32 Å². The van der Waals surface area contributed by atoms with Gasteiger partial charge in [-0.2, -0.15) is 0 Å². The normalized spacial score (nSPS) is 11.6. The van der Waals surface area contributed by atoms with Crippen molar-refractivity contribution in [2.24, 2.45) is 0 Å². The molecule has 0 saturated carbocycles. The molecule has 2 aromatic rings. The number of fused-ring (bicyclic) bond motifs is 1. The van der Waals surface area contributed by atoms with Crippen molar-refractivity contribution in [1.29, 1.82) is 0 Å². The molecule has 0 radical (unpaired) electrons. The Morgan fingerprint density at radius 3 is 2.71 bits per heavy atom. The van der Waals surface area contributed by atoms with Crippen LogP contribution in [0.5, 0.6) is 0 Å². The van der Waals surface area contributed by atoms with Crippen LogP contribution in [-0.4, -0.2) is 7.05 Å². The average Bonchev–Trinajstić information content (AvgIpc) is 2.29. The molecule has 2 aromatic carbocycles. The van der Waals surface area contributed by atoms with Gasteiger partial charge in [-0.25, -0.2) is 0 Å². The zero-order chi connectivity index (χ0) is 10.7. The van der Waals surface area contributed by atoms with Crippen molar-refractivity contribution in [2.75, 3.05) is 7.05 Å². The molecule has 0 atom stereocenters. The lowest BCUT2D eigenvalue weighted by atomic mass is 10.0. The summed E-state index contributed by atoms with van der Waals surface area (Å²) in [4.78, 5) is 0. The average molecular weight is 186 g/mol. The zero-order valence-electron chi connectivity index (χ0n) is 9.38. The van der Waals surface area contributed by atoms with Crippen molar-refractivity contribution in [3.05, 3.63) is 47.5 Å². The van der Waals surface area contributed by atoms with Crippen molar-refractivity contribution in [1.82, 2.24) is 5.32 Å². The van der Waals surface area contributed by atoms with Gasteiger partial charge in [-0.1, -0.05) is 36.4 Å². The van der Waals surface area contributed by atoms with E-state index in [1.807, 2.05) is 19.2 Å². The summed E-state index contributed by atoms with van der Waals surface area (Å²) in [6.07, 6.45) is 0. The van der Waals surface area contributed by atoms with E-state index in [1.54, 1.807) is 0 Å². The molecule has 0 aliphatic heterocycles. The van der Waals surface area contributed by atoms with E-state index in [9.17, 15) is 0 Å². The molecule has 0 bridgehead atoms. The van der Waals surface area contributed by atoms with E-state index in [-0.39, 0.29) is 0 Å². The van der Waals surface area contributed by atoms with Crippen LogP contribution in [0.3, 0.4) is 0 Å². The van der Waals surface area contributed by atoms with Crippen LogP contribution in [0.4, 0.5) is 0 Å². The van der Waals surface area contributed by atoms with E-state index in [2.05, 4.69) is 29.6 Å². The molecular formula is C13H15N. The van der Waals surface area contributed by atoms with Gasteiger partial charge in [0.1, 0.15) is 0 Å². The fraction of sp³-hybridized carbons (Fsp3) is 0.231. The summed E-state index contributed by atoms with van der Waals surface area (Å²) in [5.74, 6) is 0. The lowest BCUT2D eigenvalue weighted by molar-refractivity contribution is 0.823. The maximum Gasteiger partial charge on any atom is 0.0280 e. The summed E-state index contributed by atoms with van der Waals surface area (Å²) < 4.78 is 7.53. The molecule has 0 heterocycles. The van der Waals surface area contributed by atoms with Gasteiger partial charge in [-0.3, -0.25) is 0 Å². The second-order valence-corrected chi connectivity index (χ2v) is 3.46. The van der Waals surface area contributed by atoms with E-state index in [0.717, 1.165) is 12.1 Å². The summed E-state index contributed by atoms with van der Waals surface area (Å²) >= 11 is 0. The van der Waals surface area contributed by atoms with Crippen molar-refractivity contribution >= 4 is 10.8 Å². The van der Waals surface area contributed by atoms with Crippen LogP contribution in [-0.2, 0) is 6.54 Å². The largest absolute Gasteiger partial charge is 0.316 e. The Kier molecular flexibility index (Phi) is 2.18. The molecule has 0 aromatic heterocycles. The number of hydrogen-bond donors (Lipinski definition) is 1. The topological polar surface area (TPSA) is 12.0 Å². The lowest BCUT2D eigenvalue weighted by Crippen LogP contribution is -2.05. The van der Waals surface area contributed by atoms with Crippen LogP contribution in [0.1, 0.15) is 12.5 Å². The van der Waals surface area contributed by atoms with Gasteiger partial charge in [0.05, 0.1) is 0 Å². The minimum absolute atomic E-state index is 0.345. The first-order valence-corrected chi connectivity index (χ1v) is 4.80. The number of hydrogen-bond acceptors (Lipinski definition) is 1. The van der Waals surface area contributed by atoms with Gasteiger partial charge in [0, 0.05) is 7.92 Å². The van der Waals surface area contributed by atoms with Gasteiger partial charge in [-0.15, -0.1) is 0 Å². The first-order chi connectivity index (χ1) is 7.36. The molecule has 0 saturated heterocycles. The molecule has 14 heavy (non-hydrogen) atoms. The van der Waals surface area contributed by atoms with Crippen LogP contribution in [0.25, 0.3) is 10.8 Å². The third-order valence-corrected chi connectivity index (χ3v) is 2.44. The molecule has 0 amide bonds. The third kappa shape index (κ3) is 1.51. The smallest absolute Gasteiger partial charge is 0.0280 e. The predicted octanol–water partition coefficient (Wildman–Crippen LogP) is 2.87. The third-order valence-electron chi connectivity index (χ3n) is 2.44. The Bertz CT molecular complexity index is 460. The van der Waals surface area contributed by atoms with E-state index in [1.165, 1.54) is 16.3 Å². The van der Waals surface area contributed by atoms with Gasteiger partial charge in [0.15, 0.2) is 0 Å². The van der Waals surface area contributed by atoms with E-state index in [4.69, 9.17) is 1.37 Å². The fourth-order valence-electron chi connectivity index (χ4n) is 1.84. The monoisotopic (exact) mass is 186 g/mol. The Balaban J connectivity index is 2.69. The van der Waals surface area contributed by atoms with Crippen molar-refractivity contribution < 1.29 is 1.37 Å². The van der Waals surface area contributed by atoms with Gasteiger partial charge < -0.3 is 5.32 Å². The first-order valence-electron chi connectivity index (χ1n) is 5.51. The molecule has 0 fully saturated rings. The highest BCUT2D eigenvalue weighted by Crippen LogP contribution is 2.22. The summed E-state index contributed by atoms with van der Waals surface area (Å²) in [5, 5.41) is 5.64. The second-order valence-electron chi connectivity index (χ2n) is 3.46. The number of aryl methyl sites for hydroxylation is 1. The summed E-state index contributed by atoms with van der Waals surface area (Å²) in [7, 11) is 1.95. The Hall–Kier alpha value is -1.34. The van der Waals surface area contributed by atoms with E-state index in [0.29, 0.717) is 6.90 Å². The molecule has 0 aliphatic rings. The summed E-state index contributed by atoms with van der Waals surface area (Å²) in [5.41, 5.74) is 2.39. The zero-order valence-corrected chi connectivity index (χ0v) is 8.38. The number of rotatable bonds is 2. The number of nitrogens with one attached hydrogen (secondary N) is 1. The fourth-order valence-corrected chi connectivity index (χ4v) is 1.84. The van der Waals surface area contributed by atoms with Crippen molar-refractivity contribution in [3.63, 3.8) is 0 Å². The van der Waals surface area contributed by atoms with E-state index < -0.39 is 0 Å². The standard InChI is InChI=1S/C13H15N/c1-10-5-3-6-11-7-4-8-12(9-14-2)13(10)11/h3-8,14H,9H2,1-2H3/i1D. The summed E-state index contributed by atoms with van der Waals surface area (Å²) in [6.45, 7) is 1.20. The maximum atomic E-state index is 7.53. The first kappa shape index (κ1) is 8.01. The van der Waals surface area contributed by atoms with E-state index >= 15 is 0 Å². The van der Waals surface area contributed by atoms with Gasteiger partial charge in [0.25, 0.3) is 0 Å². The van der Waals surface area contributed by atoms with Gasteiger partial charge in [-0.05, 0) is 35.8 Å². The minimum atomic E-state index is 0.345. The predicted molar refractivity (Wildman–Crippen MR) is 61.4 cm³/mol.